The molecule has 0 aromatic heterocycles. The standard InChI is InChI=1S/C14H21NO3S/c1-2-18-14(17)10-12(16)11-15-8-9-19-13-6-4-3-5-7-13/h3-7,12,15-16H,2,8-11H2,1H3. The van der Waals surface area contributed by atoms with E-state index in [0.29, 0.717) is 13.2 Å². The molecule has 0 radical (unpaired) electrons. The third kappa shape index (κ3) is 7.87. The van der Waals surface area contributed by atoms with Crippen molar-refractivity contribution in [2.75, 3.05) is 25.4 Å². The van der Waals surface area contributed by atoms with Gasteiger partial charge in [0.25, 0.3) is 0 Å². The first-order valence-electron chi connectivity index (χ1n) is 6.44. The van der Waals surface area contributed by atoms with Gasteiger partial charge in [0.15, 0.2) is 0 Å². The highest BCUT2D eigenvalue weighted by Crippen LogP contribution is 2.15. The minimum Gasteiger partial charge on any atom is -0.466 e. The van der Waals surface area contributed by atoms with Crippen LogP contribution < -0.4 is 5.32 Å². The summed E-state index contributed by atoms with van der Waals surface area (Å²) in [5.41, 5.74) is 0. The lowest BCUT2D eigenvalue weighted by atomic mass is 10.2. The highest BCUT2D eigenvalue weighted by atomic mass is 32.2. The second-order valence-electron chi connectivity index (χ2n) is 4.03. The van der Waals surface area contributed by atoms with Crippen LogP contribution in [0.2, 0.25) is 0 Å². The SMILES string of the molecule is CCOC(=O)CC(O)CNCCSc1ccccc1. The molecular weight excluding hydrogens is 262 g/mol. The second kappa shape index (κ2) is 9.83. The van der Waals surface area contributed by atoms with Crippen molar-refractivity contribution in [1.82, 2.24) is 5.32 Å². The molecule has 0 saturated heterocycles. The Morgan fingerprint density at radius 1 is 1.42 bits per heavy atom. The third-order valence-electron chi connectivity index (χ3n) is 2.38. The molecule has 1 rings (SSSR count). The van der Waals surface area contributed by atoms with Crippen molar-refractivity contribution in [2.24, 2.45) is 0 Å². The van der Waals surface area contributed by atoms with E-state index < -0.39 is 6.10 Å². The van der Waals surface area contributed by atoms with Crippen molar-refractivity contribution >= 4 is 17.7 Å². The summed E-state index contributed by atoms with van der Waals surface area (Å²) in [6.07, 6.45) is -0.632. The van der Waals surface area contributed by atoms with Crippen molar-refractivity contribution in [3.05, 3.63) is 30.3 Å². The quantitative estimate of drug-likeness (QED) is 0.410. The molecule has 0 heterocycles. The van der Waals surface area contributed by atoms with Crippen LogP contribution in [0.5, 0.6) is 0 Å². The topological polar surface area (TPSA) is 58.6 Å². The van der Waals surface area contributed by atoms with E-state index in [0.717, 1.165) is 12.3 Å². The Morgan fingerprint density at radius 3 is 2.84 bits per heavy atom. The second-order valence-corrected chi connectivity index (χ2v) is 5.20. The van der Waals surface area contributed by atoms with E-state index in [9.17, 15) is 9.90 Å². The first-order chi connectivity index (χ1) is 9.22. The molecule has 0 amide bonds. The maximum Gasteiger partial charge on any atom is 0.308 e. The van der Waals surface area contributed by atoms with Crippen LogP contribution in [0.25, 0.3) is 0 Å². The average Bonchev–Trinajstić information content (AvgIpc) is 2.39. The Labute approximate surface area is 118 Å². The van der Waals surface area contributed by atoms with E-state index in [-0.39, 0.29) is 12.4 Å². The van der Waals surface area contributed by atoms with E-state index >= 15 is 0 Å². The summed E-state index contributed by atoms with van der Waals surface area (Å²) in [5.74, 6) is 0.575. The maximum atomic E-state index is 11.1. The number of carbonyl (C=O) groups is 1. The Kier molecular flexibility index (Phi) is 8.29. The molecule has 5 heteroatoms. The smallest absolute Gasteiger partial charge is 0.308 e. The van der Waals surface area contributed by atoms with Crippen LogP contribution in [0.3, 0.4) is 0 Å². The van der Waals surface area contributed by atoms with Crippen LogP contribution in [0.1, 0.15) is 13.3 Å². The molecule has 0 bridgehead atoms. The molecule has 1 aromatic carbocycles. The lowest BCUT2D eigenvalue weighted by Gasteiger charge is -2.11. The number of nitrogens with one attached hydrogen (secondary N) is 1. The largest absolute Gasteiger partial charge is 0.466 e. The molecular formula is C14H21NO3S. The summed E-state index contributed by atoms with van der Waals surface area (Å²) < 4.78 is 4.77. The van der Waals surface area contributed by atoms with Crippen molar-refractivity contribution in [3.63, 3.8) is 0 Å². The summed E-state index contributed by atoms with van der Waals surface area (Å²) in [4.78, 5) is 12.3. The van der Waals surface area contributed by atoms with Gasteiger partial charge in [0.1, 0.15) is 0 Å². The number of rotatable bonds is 9. The van der Waals surface area contributed by atoms with Crippen LogP contribution in [0.15, 0.2) is 35.2 Å². The molecule has 2 N–H and O–H groups in total. The molecule has 106 valence electrons. The number of aliphatic hydroxyl groups excluding tert-OH is 1. The number of ether oxygens (including phenoxy) is 1. The number of hydrogen-bond acceptors (Lipinski definition) is 5. The number of aliphatic hydroxyl groups is 1. The molecule has 0 saturated carbocycles. The zero-order chi connectivity index (χ0) is 13.9. The maximum absolute atomic E-state index is 11.1. The number of esters is 1. The summed E-state index contributed by atoms with van der Waals surface area (Å²) in [6.45, 7) is 3.31. The fourth-order valence-electron chi connectivity index (χ4n) is 1.51. The number of hydrogen-bond donors (Lipinski definition) is 2. The fraction of sp³-hybridized carbons (Fsp3) is 0.500. The zero-order valence-corrected chi connectivity index (χ0v) is 12.0. The Morgan fingerprint density at radius 2 is 2.16 bits per heavy atom. The first-order valence-corrected chi connectivity index (χ1v) is 7.43. The van der Waals surface area contributed by atoms with Gasteiger partial charge in [-0.1, -0.05) is 18.2 Å². The van der Waals surface area contributed by atoms with E-state index in [1.165, 1.54) is 4.90 Å². The van der Waals surface area contributed by atoms with Gasteiger partial charge < -0.3 is 15.2 Å². The van der Waals surface area contributed by atoms with Crippen LogP contribution in [-0.2, 0) is 9.53 Å². The number of carbonyl (C=O) groups excluding carboxylic acids is 1. The zero-order valence-electron chi connectivity index (χ0n) is 11.2. The molecule has 0 aliphatic heterocycles. The predicted octanol–water partition coefficient (Wildman–Crippen LogP) is 1.68. The summed E-state index contributed by atoms with van der Waals surface area (Å²) >= 11 is 1.76. The third-order valence-corrected chi connectivity index (χ3v) is 3.39. The van der Waals surface area contributed by atoms with Crippen molar-refractivity contribution in [2.45, 2.75) is 24.3 Å². The van der Waals surface area contributed by atoms with Crippen LogP contribution >= 0.6 is 11.8 Å². The van der Waals surface area contributed by atoms with Crippen molar-refractivity contribution in [3.8, 4) is 0 Å². The van der Waals surface area contributed by atoms with Gasteiger partial charge in [-0.3, -0.25) is 4.79 Å². The van der Waals surface area contributed by atoms with Crippen LogP contribution in [0, 0.1) is 0 Å². The molecule has 1 aromatic rings. The van der Waals surface area contributed by atoms with Gasteiger partial charge in [-0.05, 0) is 19.1 Å². The first kappa shape index (κ1) is 16.0. The minimum absolute atomic E-state index is 0.0483. The minimum atomic E-state index is -0.680. The summed E-state index contributed by atoms with van der Waals surface area (Å²) in [5, 5.41) is 12.7. The van der Waals surface area contributed by atoms with Gasteiger partial charge in [0.2, 0.25) is 0 Å². The Bertz CT molecular complexity index is 359. The molecule has 19 heavy (non-hydrogen) atoms. The van der Waals surface area contributed by atoms with Gasteiger partial charge >= 0.3 is 5.97 Å². The van der Waals surface area contributed by atoms with Gasteiger partial charge in [-0.15, -0.1) is 11.8 Å². The van der Waals surface area contributed by atoms with E-state index in [1.54, 1.807) is 18.7 Å². The summed E-state index contributed by atoms with van der Waals surface area (Å²) in [6, 6.07) is 10.2. The molecule has 1 atom stereocenters. The van der Waals surface area contributed by atoms with Crippen LogP contribution in [0.4, 0.5) is 0 Å². The van der Waals surface area contributed by atoms with Gasteiger partial charge in [-0.25, -0.2) is 0 Å². The Hall–Kier alpha value is -1.04. The van der Waals surface area contributed by atoms with Crippen molar-refractivity contribution in [1.29, 1.82) is 0 Å². The molecule has 0 aliphatic rings. The molecule has 0 aliphatic carbocycles. The van der Waals surface area contributed by atoms with E-state index in [1.807, 2.05) is 18.2 Å². The van der Waals surface area contributed by atoms with Gasteiger partial charge in [0.05, 0.1) is 19.1 Å². The van der Waals surface area contributed by atoms with Crippen LogP contribution in [-0.4, -0.2) is 42.6 Å². The lowest BCUT2D eigenvalue weighted by molar-refractivity contribution is -0.145. The monoisotopic (exact) mass is 283 g/mol. The number of thioether (sulfide) groups is 1. The normalized spacial score (nSPS) is 12.1. The van der Waals surface area contributed by atoms with Gasteiger partial charge in [-0.2, -0.15) is 0 Å². The average molecular weight is 283 g/mol. The summed E-state index contributed by atoms with van der Waals surface area (Å²) in [7, 11) is 0. The van der Waals surface area contributed by atoms with E-state index in [2.05, 4.69) is 17.4 Å². The molecule has 1 unspecified atom stereocenters. The lowest BCUT2D eigenvalue weighted by Crippen LogP contribution is -2.30. The fourth-order valence-corrected chi connectivity index (χ4v) is 2.34. The highest BCUT2D eigenvalue weighted by molar-refractivity contribution is 7.99. The van der Waals surface area contributed by atoms with E-state index in [4.69, 9.17) is 4.74 Å². The molecule has 0 fully saturated rings. The Balaban J connectivity index is 2.03. The molecule has 4 nitrogen and oxygen atoms in total. The predicted molar refractivity (Wildman–Crippen MR) is 77.3 cm³/mol. The highest BCUT2D eigenvalue weighted by Gasteiger charge is 2.10. The molecule has 0 spiro atoms. The number of benzene rings is 1. The van der Waals surface area contributed by atoms with Crippen molar-refractivity contribution < 1.29 is 14.6 Å². The van der Waals surface area contributed by atoms with Gasteiger partial charge in [0, 0.05) is 23.7 Å².